The van der Waals surface area contributed by atoms with Crippen molar-refractivity contribution >= 4 is 33.6 Å². The number of carbonyl (C=O) groups excluding carboxylic acids is 1. The van der Waals surface area contributed by atoms with Crippen LogP contribution in [0.15, 0.2) is 22.7 Å². The standard InChI is InChI=1S/C13H17BrN2O4/c1-8(2)20-7-6-15-13(19)16-11-9(12(17)18)4-3-5-10(11)14/h3-5,8H,6-7H2,1-2H3,(H,17,18)(H2,15,16,19). The van der Waals surface area contributed by atoms with Gasteiger partial charge in [-0.3, -0.25) is 0 Å². The van der Waals surface area contributed by atoms with Gasteiger partial charge in [-0.05, 0) is 41.9 Å². The molecule has 0 radical (unpaired) electrons. The van der Waals surface area contributed by atoms with Gasteiger partial charge in [0.1, 0.15) is 0 Å². The first-order valence-electron chi connectivity index (χ1n) is 6.10. The first-order chi connectivity index (χ1) is 9.41. The van der Waals surface area contributed by atoms with Crippen molar-refractivity contribution in [1.82, 2.24) is 5.32 Å². The molecule has 0 fully saturated rings. The van der Waals surface area contributed by atoms with Crippen LogP contribution in [-0.4, -0.2) is 36.4 Å². The van der Waals surface area contributed by atoms with Crippen molar-refractivity contribution in [3.63, 3.8) is 0 Å². The van der Waals surface area contributed by atoms with Crippen LogP contribution >= 0.6 is 15.9 Å². The van der Waals surface area contributed by atoms with Crippen LogP contribution in [0.5, 0.6) is 0 Å². The zero-order valence-electron chi connectivity index (χ0n) is 11.3. The molecule has 0 aliphatic rings. The topological polar surface area (TPSA) is 87.7 Å². The van der Waals surface area contributed by atoms with Crippen LogP contribution in [0.4, 0.5) is 10.5 Å². The number of aromatic carboxylic acids is 1. The third-order valence-electron chi connectivity index (χ3n) is 2.32. The van der Waals surface area contributed by atoms with E-state index in [0.717, 1.165) is 0 Å². The summed E-state index contributed by atoms with van der Waals surface area (Å²) in [7, 11) is 0. The molecule has 0 atom stereocenters. The van der Waals surface area contributed by atoms with E-state index >= 15 is 0 Å². The molecule has 0 aromatic heterocycles. The Labute approximate surface area is 125 Å². The molecule has 1 aromatic carbocycles. The summed E-state index contributed by atoms with van der Waals surface area (Å²) >= 11 is 3.21. The number of hydrogen-bond acceptors (Lipinski definition) is 3. The number of urea groups is 1. The van der Waals surface area contributed by atoms with Gasteiger partial charge in [0.15, 0.2) is 0 Å². The average Bonchev–Trinajstić information content (AvgIpc) is 2.36. The summed E-state index contributed by atoms with van der Waals surface area (Å²) in [5.74, 6) is -1.11. The van der Waals surface area contributed by atoms with Gasteiger partial charge in [-0.1, -0.05) is 6.07 Å². The lowest BCUT2D eigenvalue weighted by molar-refractivity contribution is 0.0697. The number of halogens is 1. The summed E-state index contributed by atoms with van der Waals surface area (Å²) in [6.07, 6.45) is 0.0988. The van der Waals surface area contributed by atoms with Gasteiger partial charge in [0.25, 0.3) is 0 Å². The Hall–Kier alpha value is -1.60. The Morgan fingerprint density at radius 3 is 2.70 bits per heavy atom. The van der Waals surface area contributed by atoms with Crippen molar-refractivity contribution in [2.75, 3.05) is 18.5 Å². The Morgan fingerprint density at radius 2 is 2.10 bits per heavy atom. The maximum absolute atomic E-state index is 11.7. The first-order valence-corrected chi connectivity index (χ1v) is 6.89. The van der Waals surface area contributed by atoms with Gasteiger partial charge in [-0.25, -0.2) is 9.59 Å². The number of carboxylic acids is 1. The fourth-order valence-electron chi connectivity index (χ4n) is 1.45. The van der Waals surface area contributed by atoms with Crippen LogP contribution in [0.3, 0.4) is 0 Å². The summed E-state index contributed by atoms with van der Waals surface area (Å²) in [5.41, 5.74) is 0.246. The predicted molar refractivity (Wildman–Crippen MR) is 79.2 cm³/mol. The largest absolute Gasteiger partial charge is 0.478 e. The summed E-state index contributed by atoms with van der Waals surface area (Å²) < 4.78 is 5.79. The molecule has 0 spiro atoms. The molecule has 6 nitrogen and oxygen atoms in total. The highest BCUT2D eigenvalue weighted by molar-refractivity contribution is 9.10. The van der Waals surface area contributed by atoms with Gasteiger partial charge in [-0.2, -0.15) is 0 Å². The number of anilines is 1. The average molecular weight is 345 g/mol. The van der Waals surface area contributed by atoms with Crippen LogP contribution in [-0.2, 0) is 4.74 Å². The quantitative estimate of drug-likeness (QED) is 0.692. The molecule has 110 valence electrons. The molecular weight excluding hydrogens is 328 g/mol. The fourth-order valence-corrected chi connectivity index (χ4v) is 1.91. The Balaban J connectivity index is 2.60. The first kappa shape index (κ1) is 16.5. The summed E-state index contributed by atoms with van der Waals surface area (Å²) in [5, 5.41) is 14.2. The van der Waals surface area contributed by atoms with Gasteiger partial charge in [0.05, 0.1) is 24.0 Å². The number of para-hydroxylation sites is 1. The molecule has 1 aromatic rings. The molecule has 0 aliphatic carbocycles. The third-order valence-corrected chi connectivity index (χ3v) is 2.98. The molecule has 0 unspecified atom stereocenters. The second-order valence-corrected chi connectivity index (χ2v) is 5.12. The van der Waals surface area contributed by atoms with Crippen LogP contribution in [0.25, 0.3) is 0 Å². The normalized spacial score (nSPS) is 10.4. The highest BCUT2D eigenvalue weighted by Gasteiger charge is 2.14. The van der Waals surface area contributed by atoms with Crippen molar-refractivity contribution in [2.24, 2.45) is 0 Å². The Morgan fingerprint density at radius 1 is 1.40 bits per heavy atom. The van der Waals surface area contributed by atoms with E-state index in [1.807, 2.05) is 13.8 Å². The van der Waals surface area contributed by atoms with E-state index in [9.17, 15) is 9.59 Å². The maximum Gasteiger partial charge on any atom is 0.337 e. The number of nitrogens with one attached hydrogen (secondary N) is 2. The van der Waals surface area contributed by atoms with E-state index in [4.69, 9.17) is 9.84 Å². The summed E-state index contributed by atoms with van der Waals surface area (Å²) in [6.45, 7) is 4.55. The predicted octanol–water partition coefficient (Wildman–Crippen LogP) is 2.69. The van der Waals surface area contributed by atoms with Crippen molar-refractivity contribution in [1.29, 1.82) is 0 Å². The molecule has 2 amide bonds. The number of ether oxygens (including phenoxy) is 1. The van der Waals surface area contributed by atoms with Gasteiger partial charge >= 0.3 is 12.0 Å². The summed E-state index contributed by atoms with van der Waals surface area (Å²) in [6, 6.07) is 4.19. The van der Waals surface area contributed by atoms with E-state index in [2.05, 4.69) is 26.6 Å². The second-order valence-electron chi connectivity index (χ2n) is 4.27. The minimum atomic E-state index is -1.11. The molecule has 20 heavy (non-hydrogen) atoms. The van der Waals surface area contributed by atoms with Crippen LogP contribution < -0.4 is 10.6 Å². The van der Waals surface area contributed by atoms with Crippen molar-refractivity contribution in [2.45, 2.75) is 20.0 Å². The number of carboxylic acid groups (broad SMARTS) is 1. The number of benzene rings is 1. The van der Waals surface area contributed by atoms with Crippen molar-refractivity contribution < 1.29 is 19.4 Å². The SMILES string of the molecule is CC(C)OCCNC(=O)Nc1c(Br)cccc1C(=O)O. The Kier molecular flexibility index (Phi) is 6.47. The second kappa shape index (κ2) is 7.86. The fraction of sp³-hybridized carbons (Fsp3) is 0.385. The lowest BCUT2D eigenvalue weighted by atomic mass is 10.2. The highest BCUT2D eigenvalue weighted by atomic mass is 79.9. The molecule has 0 saturated carbocycles. The molecule has 1 rings (SSSR count). The number of carbonyl (C=O) groups is 2. The monoisotopic (exact) mass is 344 g/mol. The minimum Gasteiger partial charge on any atom is -0.478 e. The molecule has 0 saturated heterocycles. The van der Waals surface area contributed by atoms with Gasteiger partial charge in [0, 0.05) is 11.0 Å². The zero-order chi connectivity index (χ0) is 15.1. The number of hydrogen-bond donors (Lipinski definition) is 3. The lowest BCUT2D eigenvalue weighted by Gasteiger charge is -2.12. The third kappa shape index (κ3) is 5.18. The maximum atomic E-state index is 11.7. The van der Waals surface area contributed by atoms with E-state index in [1.54, 1.807) is 12.1 Å². The van der Waals surface area contributed by atoms with Gasteiger partial charge in [0.2, 0.25) is 0 Å². The molecular formula is C13H17BrN2O4. The molecule has 7 heteroatoms. The van der Waals surface area contributed by atoms with Crippen LogP contribution in [0.2, 0.25) is 0 Å². The van der Waals surface area contributed by atoms with E-state index < -0.39 is 12.0 Å². The highest BCUT2D eigenvalue weighted by Crippen LogP contribution is 2.26. The number of rotatable bonds is 6. The van der Waals surface area contributed by atoms with Crippen molar-refractivity contribution in [3.05, 3.63) is 28.2 Å². The smallest absolute Gasteiger partial charge is 0.337 e. The Bertz CT molecular complexity index is 491. The van der Waals surface area contributed by atoms with Gasteiger partial charge < -0.3 is 20.5 Å². The molecule has 0 heterocycles. The number of amides is 2. The van der Waals surface area contributed by atoms with Crippen molar-refractivity contribution in [3.8, 4) is 0 Å². The molecule has 0 bridgehead atoms. The summed E-state index contributed by atoms with van der Waals surface area (Å²) in [4.78, 5) is 22.8. The van der Waals surface area contributed by atoms with E-state index in [1.165, 1.54) is 6.07 Å². The molecule has 3 N–H and O–H groups in total. The van der Waals surface area contributed by atoms with E-state index in [-0.39, 0.29) is 17.4 Å². The molecule has 0 aliphatic heterocycles. The van der Waals surface area contributed by atoms with E-state index in [0.29, 0.717) is 17.6 Å². The minimum absolute atomic E-state index is 0.0213. The zero-order valence-corrected chi connectivity index (χ0v) is 12.9. The lowest BCUT2D eigenvalue weighted by Crippen LogP contribution is -2.32. The van der Waals surface area contributed by atoms with Gasteiger partial charge in [-0.15, -0.1) is 0 Å². The van der Waals surface area contributed by atoms with Crippen LogP contribution in [0.1, 0.15) is 24.2 Å². The van der Waals surface area contributed by atoms with Crippen LogP contribution in [0, 0.1) is 0 Å².